The zero-order valence-electron chi connectivity index (χ0n) is 16.6. The van der Waals surface area contributed by atoms with Gasteiger partial charge >= 0.3 is 11.7 Å². The Hall–Kier alpha value is -4.24. The Morgan fingerprint density at radius 2 is 1.88 bits per heavy atom. The molecule has 0 fully saturated rings. The number of nitriles is 1. The van der Waals surface area contributed by atoms with Crippen LogP contribution in [0.4, 0.5) is 10.5 Å². The molecule has 0 saturated heterocycles. The highest BCUT2D eigenvalue weighted by molar-refractivity contribution is 7.80. The van der Waals surface area contributed by atoms with Crippen LogP contribution in [0.15, 0.2) is 36.4 Å². The first-order valence-electron chi connectivity index (χ1n) is 9.19. The molecule has 32 heavy (non-hydrogen) atoms. The van der Waals surface area contributed by atoms with Crippen LogP contribution >= 0.6 is 12.2 Å². The maximum Gasteiger partial charge on any atom is 0.317 e. The Labute approximate surface area is 187 Å². The molecule has 11 nitrogen and oxygen atoms in total. The third-order valence-corrected chi connectivity index (χ3v) is 4.76. The lowest BCUT2D eigenvalue weighted by molar-refractivity contribution is -0.385. The molecule has 1 atom stereocenters. The first-order chi connectivity index (χ1) is 15.1. The van der Waals surface area contributed by atoms with Gasteiger partial charge in [0.05, 0.1) is 28.9 Å². The van der Waals surface area contributed by atoms with Gasteiger partial charge in [-0.1, -0.05) is 30.4 Å². The van der Waals surface area contributed by atoms with Gasteiger partial charge in [0.2, 0.25) is 11.7 Å². The largest absolute Gasteiger partial charge is 0.508 e. The predicted octanol–water partition coefficient (Wildman–Crippen LogP) is 1.71. The number of urea groups is 1. The second kappa shape index (κ2) is 10.7. The summed E-state index contributed by atoms with van der Waals surface area (Å²) in [5.74, 6) is -2.37. The maximum atomic E-state index is 13.0. The van der Waals surface area contributed by atoms with Gasteiger partial charge in [0.25, 0.3) is 0 Å². The molecule has 2 rings (SSSR count). The summed E-state index contributed by atoms with van der Waals surface area (Å²) in [6.45, 7) is 0.0552. The lowest BCUT2D eigenvalue weighted by atomic mass is 9.87. The van der Waals surface area contributed by atoms with Crippen LogP contribution in [-0.2, 0) is 11.2 Å². The van der Waals surface area contributed by atoms with Crippen LogP contribution in [0.5, 0.6) is 11.5 Å². The number of primary amides is 1. The number of nitrogens with zero attached hydrogens (tertiary/aromatic N) is 2. The van der Waals surface area contributed by atoms with E-state index in [2.05, 4.69) is 10.6 Å². The molecular weight excluding hydrogens is 438 g/mol. The lowest BCUT2D eigenvalue weighted by Crippen LogP contribution is -2.36. The molecule has 0 saturated carbocycles. The number of aromatic hydroxyl groups is 2. The van der Waals surface area contributed by atoms with Gasteiger partial charge in [0.1, 0.15) is 10.7 Å². The van der Waals surface area contributed by atoms with E-state index in [-0.39, 0.29) is 36.3 Å². The van der Waals surface area contributed by atoms with Crippen LogP contribution in [0.3, 0.4) is 0 Å². The number of nitro benzene ring substituents is 1. The minimum atomic E-state index is -1.06. The fourth-order valence-corrected chi connectivity index (χ4v) is 3.34. The summed E-state index contributed by atoms with van der Waals surface area (Å²) in [6, 6.07) is 9.13. The van der Waals surface area contributed by atoms with E-state index in [0.29, 0.717) is 5.56 Å². The minimum absolute atomic E-state index is 0.0178. The maximum absolute atomic E-state index is 13.0. The number of hydrogen-bond donors (Lipinski definition) is 5. The number of thiocarbonyl (C=S) groups is 1. The number of nitro groups is 1. The number of hydrogen-bond acceptors (Lipinski definition) is 8. The minimum Gasteiger partial charge on any atom is -0.508 e. The van der Waals surface area contributed by atoms with E-state index in [4.69, 9.17) is 23.2 Å². The summed E-state index contributed by atoms with van der Waals surface area (Å²) in [5, 5.41) is 44.8. The van der Waals surface area contributed by atoms with E-state index in [0.717, 1.165) is 6.07 Å². The van der Waals surface area contributed by atoms with Crippen molar-refractivity contribution in [1.29, 1.82) is 5.26 Å². The van der Waals surface area contributed by atoms with Crippen molar-refractivity contribution in [3.8, 4) is 17.6 Å². The van der Waals surface area contributed by atoms with E-state index in [1.165, 1.54) is 18.2 Å². The molecule has 0 spiro atoms. The van der Waals surface area contributed by atoms with Crippen LogP contribution < -0.4 is 16.4 Å². The van der Waals surface area contributed by atoms with E-state index >= 15 is 0 Å². The Morgan fingerprint density at radius 1 is 1.22 bits per heavy atom. The molecule has 0 bridgehead atoms. The summed E-state index contributed by atoms with van der Waals surface area (Å²) in [6.07, 6.45) is 0.111. The van der Waals surface area contributed by atoms with E-state index in [9.17, 15) is 29.9 Å². The van der Waals surface area contributed by atoms with Crippen molar-refractivity contribution >= 4 is 34.8 Å². The standard InChI is InChI=1S/C20H19N5O6S/c21-8-1-9-23-18(28)14(10-11-2-4-12(26)5-3-11)13-6-7-15(25(30)31)17(27)16(13)19(32)24-20(22)29/h2-7,14,26-27H,1,9-10H2,(H,23,28)(H3,22,24,29,32). The third-order valence-electron chi connectivity index (χ3n) is 4.45. The SMILES string of the molecule is N#CCCNC(=O)C(Cc1ccc(O)cc1)c1ccc([N+](=O)[O-])c(O)c1C(=S)NC(N)=O. The highest BCUT2D eigenvalue weighted by Gasteiger charge is 2.31. The number of benzene rings is 2. The predicted molar refractivity (Wildman–Crippen MR) is 117 cm³/mol. The van der Waals surface area contributed by atoms with Crippen molar-refractivity contribution in [2.24, 2.45) is 5.73 Å². The number of rotatable bonds is 8. The van der Waals surface area contributed by atoms with Crippen LogP contribution in [0.1, 0.15) is 29.0 Å². The summed E-state index contributed by atoms with van der Waals surface area (Å²) >= 11 is 5.11. The molecule has 0 aromatic heterocycles. The number of phenols is 2. The first-order valence-corrected chi connectivity index (χ1v) is 9.60. The van der Waals surface area contributed by atoms with Gasteiger partial charge in [-0.2, -0.15) is 5.26 Å². The molecule has 0 radical (unpaired) electrons. The van der Waals surface area contributed by atoms with Crippen molar-refractivity contribution in [3.63, 3.8) is 0 Å². The fraction of sp³-hybridized carbons (Fsp3) is 0.200. The Kier molecular flexibility index (Phi) is 8.03. The first kappa shape index (κ1) is 24.0. The highest BCUT2D eigenvalue weighted by atomic mass is 32.1. The van der Waals surface area contributed by atoms with Crippen molar-refractivity contribution in [2.45, 2.75) is 18.8 Å². The normalized spacial score (nSPS) is 11.1. The van der Waals surface area contributed by atoms with Crippen molar-refractivity contribution in [1.82, 2.24) is 10.6 Å². The summed E-state index contributed by atoms with van der Waals surface area (Å²) in [5.41, 5.74) is 4.87. The summed E-state index contributed by atoms with van der Waals surface area (Å²) in [7, 11) is 0. The Balaban J connectivity index is 2.62. The number of amides is 3. The Bertz CT molecular complexity index is 1100. The van der Waals surface area contributed by atoms with E-state index < -0.39 is 39.2 Å². The molecule has 3 amide bonds. The summed E-state index contributed by atoms with van der Waals surface area (Å²) in [4.78, 5) is 34.3. The molecular formula is C20H19N5O6S. The van der Waals surface area contributed by atoms with Crippen LogP contribution in [0.25, 0.3) is 0 Å². The lowest BCUT2D eigenvalue weighted by Gasteiger charge is -2.21. The fourth-order valence-electron chi connectivity index (χ4n) is 3.02. The summed E-state index contributed by atoms with van der Waals surface area (Å²) < 4.78 is 0. The van der Waals surface area contributed by atoms with Crippen molar-refractivity contribution < 1.29 is 24.7 Å². The molecule has 1 unspecified atom stereocenters. The molecule has 6 N–H and O–H groups in total. The number of nitrogens with two attached hydrogens (primary N) is 1. The zero-order valence-corrected chi connectivity index (χ0v) is 17.4. The Morgan fingerprint density at radius 3 is 2.44 bits per heavy atom. The molecule has 2 aromatic rings. The van der Waals surface area contributed by atoms with Gasteiger partial charge in [-0.25, -0.2) is 4.79 Å². The number of carbonyl (C=O) groups is 2. The average Bonchev–Trinajstić information content (AvgIpc) is 2.72. The van der Waals surface area contributed by atoms with Gasteiger partial charge in [-0.15, -0.1) is 0 Å². The van der Waals surface area contributed by atoms with Crippen LogP contribution in [0.2, 0.25) is 0 Å². The second-order valence-corrected chi connectivity index (χ2v) is 7.00. The molecule has 12 heteroatoms. The topological polar surface area (TPSA) is 192 Å². The molecule has 0 heterocycles. The quantitative estimate of drug-likeness (QED) is 0.171. The van der Waals surface area contributed by atoms with Gasteiger partial charge in [-0.05, 0) is 29.7 Å². The van der Waals surface area contributed by atoms with Crippen molar-refractivity contribution in [3.05, 3.63) is 63.2 Å². The molecule has 0 aliphatic carbocycles. The molecule has 0 aliphatic heterocycles. The van der Waals surface area contributed by atoms with E-state index in [1.54, 1.807) is 12.1 Å². The van der Waals surface area contributed by atoms with Crippen LogP contribution in [0, 0.1) is 21.4 Å². The van der Waals surface area contributed by atoms with Gasteiger partial charge in [0.15, 0.2) is 0 Å². The van der Waals surface area contributed by atoms with Gasteiger partial charge in [0, 0.05) is 12.6 Å². The smallest absolute Gasteiger partial charge is 0.317 e. The van der Waals surface area contributed by atoms with Gasteiger partial charge in [-0.3, -0.25) is 20.2 Å². The number of nitrogens with one attached hydrogen (secondary N) is 2. The molecule has 166 valence electrons. The number of phenolic OH excluding ortho intramolecular Hbond substituents is 2. The average molecular weight is 457 g/mol. The third kappa shape index (κ3) is 5.89. The van der Waals surface area contributed by atoms with Crippen molar-refractivity contribution in [2.75, 3.05) is 6.54 Å². The van der Waals surface area contributed by atoms with Crippen LogP contribution in [-0.4, -0.2) is 38.6 Å². The monoisotopic (exact) mass is 457 g/mol. The second-order valence-electron chi connectivity index (χ2n) is 6.60. The molecule has 2 aromatic carbocycles. The molecule has 0 aliphatic rings. The highest BCUT2D eigenvalue weighted by Crippen LogP contribution is 2.37. The van der Waals surface area contributed by atoms with E-state index in [1.807, 2.05) is 6.07 Å². The zero-order chi connectivity index (χ0) is 23.8. The van der Waals surface area contributed by atoms with Gasteiger partial charge < -0.3 is 21.3 Å². The number of carbonyl (C=O) groups excluding carboxylic acids is 2.